The summed E-state index contributed by atoms with van der Waals surface area (Å²) < 4.78 is 2.72. The number of aliphatic hydroxyl groups excluding tert-OH is 1. The van der Waals surface area contributed by atoms with Crippen LogP contribution >= 0.6 is 27.7 Å². The standard InChI is InChI=1S/C10H12BrN3OS/c1-7(2-5-15)16-10-9-12-3-4-14(9)6-8(11)13-10/h3-4,6-7,15H,2,5H2,1H3. The van der Waals surface area contributed by atoms with Crippen molar-refractivity contribution >= 4 is 33.3 Å². The Morgan fingerprint density at radius 2 is 2.44 bits per heavy atom. The summed E-state index contributed by atoms with van der Waals surface area (Å²) >= 11 is 5.01. The Balaban J connectivity index is 2.31. The molecule has 1 N–H and O–H groups in total. The summed E-state index contributed by atoms with van der Waals surface area (Å²) in [5.74, 6) is 0. The molecular weight excluding hydrogens is 290 g/mol. The highest BCUT2D eigenvalue weighted by Gasteiger charge is 2.11. The van der Waals surface area contributed by atoms with Gasteiger partial charge in [-0.25, -0.2) is 9.97 Å². The number of rotatable bonds is 4. The Bertz CT molecular complexity index is 488. The van der Waals surface area contributed by atoms with E-state index in [4.69, 9.17) is 5.11 Å². The van der Waals surface area contributed by atoms with Gasteiger partial charge in [0, 0.05) is 30.4 Å². The van der Waals surface area contributed by atoms with Crippen LogP contribution in [-0.2, 0) is 0 Å². The molecule has 2 aromatic heterocycles. The monoisotopic (exact) mass is 301 g/mol. The fourth-order valence-corrected chi connectivity index (χ4v) is 2.92. The second-order valence-electron chi connectivity index (χ2n) is 3.47. The lowest BCUT2D eigenvalue weighted by Crippen LogP contribution is -2.01. The first kappa shape index (κ1) is 11.9. The lowest BCUT2D eigenvalue weighted by Gasteiger charge is -2.09. The molecule has 0 saturated carbocycles. The van der Waals surface area contributed by atoms with Gasteiger partial charge in [0.1, 0.15) is 9.63 Å². The third-order valence-electron chi connectivity index (χ3n) is 2.16. The number of thioether (sulfide) groups is 1. The van der Waals surface area contributed by atoms with Crippen molar-refractivity contribution in [2.45, 2.75) is 23.6 Å². The lowest BCUT2D eigenvalue weighted by atomic mass is 10.3. The van der Waals surface area contributed by atoms with Gasteiger partial charge in [-0.2, -0.15) is 0 Å². The molecule has 0 radical (unpaired) electrons. The fraction of sp³-hybridized carbons (Fsp3) is 0.400. The van der Waals surface area contributed by atoms with Crippen molar-refractivity contribution in [2.24, 2.45) is 0 Å². The van der Waals surface area contributed by atoms with Crippen molar-refractivity contribution in [2.75, 3.05) is 6.61 Å². The number of nitrogens with zero attached hydrogens (tertiary/aromatic N) is 3. The Morgan fingerprint density at radius 3 is 3.19 bits per heavy atom. The molecule has 2 rings (SSSR count). The van der Waals surface area contributed by atoms with E-state index in [-0.39, 0.29) is 6.61 Å². The predicted molar refractivity (Wildman–Crippen MR) is 67.7 cm³/mol. The van der Waals surface area contributed by atoms with Gasteiger partial charge in [-0.3, -0.25) is 0 Å². The second-order valence-corrected chi connectivity index (χ2v) is 5.71. The minimum Gasteiger partial charge on any atom is -0.396 e. The van der Waals surface area contributed by atoms with E-state index in [1.165, 1.54) is 0 Å². The Labute approximate surface area is 106 Å². The van der Waals surface area contributed by atoms with Gasteiger partial charge in [-0.15, -0.1) is 0 Å². The zero-order valence-corrected chi connectivity index (χ0v) is 11.2. The van der Waals surface area contributed by atoms with Gasteiger partial charge in [0.05, 0.1) is 0 Å². The van der Waals surface area contributed by atoms with Gasteiger partial charge < -0.3 is 9.51 Å². The smallest absolute Gasteiger partial charge is 0.169 e. The summed E-state index contributed by atoms with van der Waals surface area (Å²) in [5.41, 5.74) is 0.859. The largest absolute Gasteiger partial charge is 0.396 e. The zero-order valence-electron chi connectivity index (χ0n) is 8.80. The molecule has 0 fully saturated rings. The molecule has 1 unspecified atom stereocenters. The number of aliphatic hydroxyl groups is 1. The number of fused-ring (bicyclic) bond motifs is 1. The molecule has 86 valence electrons. The van der Waals surface area contributed by atoms with E-state index in [9.17, 15) is 0 Å². The van der Waals surface area contributed by atoms with Crippen LogP contribution in [0.3, 0.4) is 0 Å². The van der Waals surface area contributed by atoms with E-state index in [0.29, 0.717) is 5.25 Å². The molecule has 0 spiro atoms. The van der Waals surface area contributed by atoms with E-state index in [1.54, 1.807) is 18.0 Å². The molecule has 1 atom stereocenters. The highest BCUT2D eigenvalue weighted by Crippen LogP contribution is 2.27. The van der Waals surface area contributed by atoms with Crippen LogP contribution in [0, 0.1) is 0 Å². The summed E-state index contributed by atoms with van der Waals surface area (Å²) in [6, 6.07) is 0. The molecule has 4 nitrogen and oxygen atoms in total. The quantitative estimate of drug-likeness (QED) is 0.881. The van der Waals surface area contributed by atoms with Crippen molar-refractivity contribution in [3.63, 3.8) is 0 Å². The van der Waals surface area contributed by atoms with E-state index >= 15 is 0 Å². The topological polar surface area (TPSA) is 50.4 Å². The molecule has 2 heterocycles. The molecule has 0 aliphatic carbocycles. The number of halogens is 1. The maximum Gasteiger partial charge on any atom is 0.169 e. The first-order valence-electron chi connectivity index (χ1n) is 4.97. The highest BCUT2D eigenvalue weighted by atomic mass is 79.9. The van der Waals surface area contributed by atoms with Crippen molar-refractivity contribution in [1.29, 1.82) is 0 Å². The summed E-state index contributed by atoms with van der Waals surface area (Å²) in [4.78, 5) is 8.68. The molecule has 16 heavy (non-hydrogen) atoms. The van der Waals surface area contributed by atoms with Crippen LogP contribution < -0.4 is 0 Å². The molecule has 0 bridgehead atoms. The van der Waals surface area contributed by atoms with Crippen LogP contribution in [0.15, 0.2) is 28.2 Å². The Morgan fingerprint density at radius 1 is 1.62 bits per heavy atom. The maximum atomic E-state index is 8.88. The minimum atomic E-state index is 0.201. The summed E-state index contributed by atoms with van der Waals surface area (Å²) in [6.45, 7) is 2.27. The first-order chi connectivity index (χ1) is 7.70. The maximum absolute atomic E-state index is 8.88. The molecule has 2 aromatic rings. The number of imidazole rings is 1. The van der Waals surface area contributed by atoms with Gasteiger partial charge in [0.2, 0.25) is 0 Å². The normalized spacial score (nSPS) is 13.2. The SMILES string of the molecule is CC(CCO)Sc1nc(Br)cn2ccnc12. The van der Waals surface area contributed by atoms with Crippen molar-refractivity contribution < 1.29 is 5.11 Å². The molecule has 6 heteroatoms. The van der Waals surface area contributed by atoms with E-state index in [1.807, 2.05) is 16.8 Å². The number of hydrogen-bond acceptors (Lipinski definition) is 4. The van der Waals surface area contributed by atoms with Crippen LogP contribution in [0.2, 0.25) is 0 Å². The molecule has 0 aliphatic rings. The van der Waals surface area contributed by atoms with E-state index < -0.39 is 0 Å². The van der Waals surface area contributed by atoms with Gasteiger partial charge in [0.25, 0.3) is 0 Å². The Hall–Kier alpha value is -0.590. The lowest BCUT2D eigenvalue weighted by molar-refractivity contribution is 0.289. The third-order valence-corrected chi connectivity index (χ3v) is 3.68. The molecular formula is C10H12BrN3OS. The van der Waals surface area contributed by atoms with Crippen molar-refractivity contribution in [3.05, 3.63) is 23.2 Å². The summed E-state index contributed by atoms with van der Waals surface area (Å²) in [6.07, 6.45) is 6.28. The third kappa shape index (κ3) is 2.56. The van der Waals surface area contributed by atoms with Crippen LogP contribution in [0.5, 0.6) is 0 Å². The molecule has 0 amide bonds. The fourth-order valence-electron chi connectivity index (χ4n) is 1.38. The average molecular weight is 302 g/mol. The molecule has 0 aliphatic heterocycles. The highest BCUT2D eigenvalue weighted by molar-refractivity contribution is 9.10. The van der Waals surface area contributed by atoms with Crippen LogP contribution in [-0.4, -0.2) is 31.3 Å². The first-order valence-corrected chi connectivity index (χ1v) is 6.64. The minimum absolute atomic E-state index is 0.201. The van der Waals surface area contributed by atoms with Gasteiger partial charge in [-0.1, -0.05) is 18.7 Å². The van der Waals surface area contributed by atoms with Crippen molar-refractivity contribution in [1.82, 2.24) is 14.4 Å². The number of aromatic nitrogens is 3. The van der Waals surface area contributed by atoms with Crippen molar-refractivity contribution in [3.8, 4) is 0 Å². The molecule has 0 aromatic carbocycles. The summed E-state index contributed by atoms with van der Waals surface area (Å²) in [5, 5.41) is 10.1. The number of hydrogen-bond donors (Lipinski definition) is 1. The second kappa shape index (κ2) is 5.16. The zero-order chi connectivity index (χ0) is 11.5. The van der Waals surface area contributed by atoms with E-state index in [0.717, 1.165) is 21.7 Å². The van der Waals surface area contributed by atoms with Gasteiger partial charge in [-0.05, 0) is 22.4 Å². The van der Waals surface area contributed by atoms with E-state index in [2.05, 4.69) is 32.8 Å². The van der Waals surface area contributed by atoms with Gasteiger partial charge >= 0.3 is 0 Å². The van der Waals surface area contributed by atoms with Crippen LogP contribution in [0.1, 0.15) is 13.3 Å². The van der Waals surface area contributed by atoms with Gasteiger partial charge in [0.15, 0.2) is 5.65 Å². The summed E-state index contributed by atoms with van der Waals surface area (Å²) in [7, 11) is 0. The predicted octanol–water partition coefficient (Wildman–Crippen LogP) is 2.35. The Kier molecular flexibility index (Phi) is 3.83. The molecule has 0 saturated heterocycles. The van der Waals surface area contributed by atoms with Crippen LogP contribution in [0.25, 0.3) is 5.65 Å². The van der Waals surface area contributed by atoms with Crippen LogP contribution in [0.4, 0.5) is 0 Å². The average Bonchev–Trinajstić information content (AvgIpc) is 2.65.